The quantitative estimate of drug-likeness (QED) is 0.129. The first-order valence-corrected chi connectivity index (χ1v) is 20.2. The van der Waals surface area contributed by atoms with Crippen molar-refractivity contribution in [3.8, 4) is 56.4 Å². The van der Waals surface area contributed by atoms with E-state index in [-0.39, 0.29) is 14.5 Å². The summed E-state index contributed by atoms with van der Waals surface area (Å²) in [6.07, 6.45) is 0. The molecule has 256 valence electrons. The Morgan fingerprint density at radius 3 is 1.27 bits per heavy atom. The number of nitrogens with zero attached hydrogens (tertiary/aromatic N) is 3. The van der Waals surface area contributed by atoms with E-state index >= 15 is 0 Å². The first-order chi connectivity index (χ1) is 27.3. The molecule has 9 aromatic carbocycles. The van der Waals surface area contributed by atoms with Crippen molar-refractivity contribution >= 4 is 66.1 Å². The van der Waals surface area contributed by atoms with Gasteiger partial charge in [-0.2, -0.15) is 0 Å². The van der Waals surface area contributed by atoms with Crippen LogP contribution in [0.4, 0.5) is 0 Å². The second-order valence-electron chi connectivity index (χ2n) is 13.9. The molecule has 0 aliphatic heterocycles. The number of hydrogen-bond donors (Lipinski definition) is 0. The summed E-state index contributed by atoms with van der Waals surface area (Å²) in [6, 6.07) is 67.2. The molecule has 0 radical (unpaired) electrons. The zero-order valence-corrected chi connectivity index (χ0v) is 31.4. The van der Waals surface area contributed by atoms with Crippen molar-refractivity contribution in [3.05, 3.63) is 188 Å². The summed E-state index contributed by atoms with van der Waals surface area (Å²) in [4.78, 5) is 15.4. The molecule has 0 saturated heterocycles. The predicted molar refractivity (Wildman–Crippen MR) is 231 cm³/mol. The average molecular weight is 765 g/mol. The van der Waals surface area contributed by atoms with Crippen LogP contribution in [0.3, 0.4) is 0 Å². The molecule has 0 saturated carbocycles. The minimum atomic E-state index is 0.0231. The van der Waals surface area contributed by atoms with Gasteiger partial charge in [0.1, 0.15) is 0 Å². The summed E-state index contributed by atoms with van der Waals surface area (Å²) in [5.41, 5.74) is 7.87. The number of hydrogen-bond acceptors (Lipinski definition) is 3. The van der Waals surface area contributed by atoms with Gasteiger partial charge >= 0.3 is 319 Å². The van der Waals surface area contributed by atoms with Crippen molar-refractivity contribution in [2.75, 3.05) is 0 Å². The molecular weight excluding hydrogens is 734 g/mol. The van der Waals surface area contributed by atoms with E-state index < -0.39 is 0 Å². The number of aromatic nitrogens is 3. The van der Waals surface area contributed by atoms with Crippen LogP contribution in [0.1, 0.15) is 0 Å². The summed E-state index contributed by atoms with van der Waals surface area (Å²) in [7, 11) is 0. The number of rotatable bonds is 5. The van der Waals surface area contributed by atoms with Crippen molar-refractivity contribution < 1.29 is 0 Å². The van der Waals surface area contributed by atoms with Crippen molar-refractivity contribution in [3.63, 3.8) is 0 Å². The van der Waals surface area contributed by atoms with Gasteiger partial charge in [0.2, 0.25) is 0 Å². The third kappa shape index (κ3) is 5.38. The van der Waals surface area contributed by atoms with Crippen LogP contribution in [0.15, 0.2) is 188 Å². The maximum absolute atomic E-state index is 5.20. The van der Waals surface area contributed by atoms with Crippen LogP contribution in [0.25, 0.3) is 108 Å². The van der Waals surface area contributed by atoms with Crippen LogP contribution in [0.5, 0.6) is 0 Å². The van der Waals surface area contributed by atoms with Crippen molar-refractivity contribution in [2.24, 2.45) is 0 Å². The molecule has 2 aromatic heterocycles. The Morgan fingerprint density at radius 1 is 0.255 bits per heavy atom. The van der Waals surface area contributed by atoms with Crippen LogP contribution in [-0.4, -0.2) is 29.5 Å². The Kier molecular flexibility index (Phi) is 7.51. The third-order valence-corrected chi connectivity index (χ3v) is 13.4. The van der Waals surface area contributed by atoms with Gasteiger partial charge in [-0.05, 0) is 0 Å². The van der Waals surface area contributed by atoms with Crippen molar-refractivity contribution in [1.29, 1.82) is 0 Å². The maximum atomic E-state index is 5.20. The van der Waals surface area contributed by atoms with Crippen LogP contribution in [0, 0.1) is 0 Å². The molecule has 11 rings (SSSR count). The normalized spacial score (nSPS) is 11.6. The van der Waals surface area contributed by atoms with Crippen LogP contribution in [-0.2, 0) is 0 Å². The molecule has 0 aliphatic rings. The fourth-order valence-electron chi connectivity index (χ4n) is 8.08. The Hall–Kier alpha value is -6.71. The Balaban J connectivity index is 1.09. The minimum absolute atomic E-state index is 0.0231. The second kappa shape index (κ2) is 13.0. The SMILES string of the molecule is c1ccc(-c2ccc(-c3nc(-c4ccccc4)nc(-c4cccc5c4[se]c4c(-c6ccc7c8ccccc8c8ccccc8c7c6)cccc45)n3)cc2)cc1. The zero-order chi connectivity index (χ0) is 36.3. The second-order valence-corrected chi connectivity index (χ2v) is 16.1. The van der Waals surface area contributed by atoms with E-state index in [1.54, 1.807) is 0 Å². The summed E-state index contributed by atoms with van der Waals surface area (Å²) in [5, 5.41) is 10.3. The third-order valence-electron chi connectivity index (χ3n) is 10.7. The molecule has 0 bridgehead atoms. The standard InChI is InChI=1S/C51H31N3Se/c1-3-13-32(14-4-1)33-25-27-35(28-26-33)50-52-49(34-15-5-2-6-16-34)53-51(54-50)45-24-12-23-44-43-22-11-21-37(47(43)55-48(44)45)36-29-30-42-40-19-8-7-17-38(40)39-18-9-10-20-41(39)46(42)31-36/h1-31H. The van der Waals surface area contributed by atoms with E-state index in [4.69, 9.17) is 15.0 Å². The first-order valence-electron chi connectivity index (χ1n) is 18.5. The Labute approximate surface area is 324 Å². The van der Waals surface area contributed by atoms with Gasteiger partial charge in [0.25, 0.3) is 0 Å². The molecule has 3 nitrogen and oxygen atoms in total. The first kappa shape index (κ1) is 31.8. The van der Waals surface area contributed by atoms with Crippen LogP contribution in [0.2, 0.25) is 0 Å². The Morgan fingerprint density at radius 2 is 0.655 bits per heavy atom. The van der Waals surface area contributed by atoms with E-state index in [1.165, 1.54) is 68.3 Å². The summed E-state index contributed by atoms with van der Waals surface area (Å²) in [5.74, 6) is 2.04. The van der Waals surface area contributed by atoms with Crippen LogP contribution < -0.4 is 0 Å². The summed E-state index contributed by atoms with van der Waals surface area (Å²) >= 11 is 0.0231. The van der Waals surface area contributed by atoms with Gasteiger partial charge in [-0.3, -0.25) is 0 Å². The van der Waals surface area contributed by atoms with E-state index in [2.05, 4.69) is 164 Å². The van der Waals surface area contributed by atoms with E-state index in [9.17, 15) is 0 Å². The summed E-state index contributed by atoms with van der Waals surface area (Å²) < 4.78 is 2.71. The zero-order valence-electron chi connectivity index (χ0n) is 29.6. The molecule has 0 spiro atoms. The molecule has 0 fully saturated rings. The van der Waals surface area contributed by atoms with Gasteiger partial charge in [-0.25, -0.2) is 0 Å². The van der Waals surface area contributed by atoms with Gasteiger partial charge in [0.05, 0.1) is 0 Å². The molecule has 0 amide bonds. The molecule has 4 heteroatoms. The molecule has 0 N–H and O–H groups in total. The molecule has 0 unspecified atom stereocenters. The summed E-state index contributed by atoms with van der Waals surface area (Å²) in [6.45, 7) is 0. The number of fused-ring (bicyclic) bond motifs is 9. The van der Waals surface area contributed by atoms with E-state index in [0.29, 0.717) is 17.5 Å². The fraction of sp³-hybridized carbons (Fsp3) is 0. The average Bonchev–Trinajstić information content (AvgIpc) is 3.66. The molecule has 0 atom stereocenters. The molecular formula is C51H31N3Se. The van der Waals surface area contributed by atoms with Gasteiger partial charge in [-0.1, -0.05) is 6.07 Å². The monoisotopic (exact) mass is 765 g/mol. The predicted octanol–water partition coefficient (Wildman–Crippen LogP) is 13.0. The van der Waals surface area contributed by atoms with Gasteiger partial charge in [-0.15, -0.1) is 0 Å². The topological polar surface area (TPSA) is 38.7 Å². The molecule has 2 heterocycles. The molecule has 11 aromatic rings. The van der Waals surface area contributed by atoms with Crippen molar-refractivity contribution in [2.45, 2.75) is 0 Å². The van der Waals surface area contributed by atoms with Gasteiger partial charge < -0.3 is 0 Å². The van der Waals surface area contributed by atoms with E-state index in [1.807, 2.05) is 24.3 Å². The van der Waals surface area contributed by atoms with Crippen LogP contribution >= 0.6 is 0 Å². The van der Waals surface area contributed by atoms with Crippen molar-refractivity contribution in [1.82, 2.24) is 15.0 Å². The molecule has 55 heavy (non-hydrogen) atoms. The number of benzene rings is 9. The van der Waals surface area contributed by atoms with Gasteiger partial charge in [0, 0.05) is 0 Å². The van der Waals surface area contributed by atoms with E-state index in [0.717, 1.165) is 22.3 Å². The fourth-order valence-corrected chi connectivity index (χ4v) is 10.9. The molecule has 0 aliphatic carbocycles. The van der Waals surface area contributed by atoms with Gasteiger partial charge in [0.15, 0.2) is 0 Å². The Bertz CT molecular complexity index is 3210.